The lowest BCUT2D eigenvalue weighted by molar-refractivity contribution is -0.135. The molecule has 1 aromatic heterocycles. The fraction of sp³-hybridized carbons (Fsp3) is 0.296. The van der Waals surface area contributed by atoms with Crippen molar-refractivity contribution in [1.82, 2.24) is 9.88 Å². The van der Waals surface area contributed by atoms with Crippen LogP contribution in [0.5, 0.6) is 5.75 Å². The van der Waals surface area contributed by atoms with Crippen LogP contribution in [0.4, 0.5) is 5.69 Å². The molecule has 6 heteroatoms. The number of methoxy groups -OCH3 is 1. The average Bonchev–Trinajstić information content (AvgIpc) is 3.33. The Morgan fingerprint density at radius 1 is 1.09 bits per heavy atom. The molecule has 2 aliphatic heterocycles. The zero-order chi connectivity index (χ0) is 22.9. The Kier molecular flexibility index (Phi) is 5.58. The third kappa shape index (κ3) is 4.09. The lowest BCUT2D eigenvalue weighted by Gasteiger charge is -2.31. The largest absolute Gasteiger partial charge is 0.497 e. The number of fused-ring (bicyclic) bond motifs is 1. The third-order valence-corrected chi connectivity index (χ3v) is 6.57. The zero-order valence-corrected chi connectivity index (χ0v) is 18.9. The summed E-state index contributed by atoms with van der Waals surface area (Å²) < 4.78 is 5.28. The molecular formula is C27H27N3O3. The van der Waals surface area contributed by atoms with E-state index in [0.29, 0.717) is 6.54 Å². The number of aryl methyl sites for hydroxylation is 1. The highest BCUT2D eigenvalue weighted by Gasteiger charge is 2.38. The van der Waals surface area contributed by atoms with Gasteiger partial charge in [-0.1, -0.05) is 30.3 Å². The molecule has 2 aromatic carbocycles. The van der Waals surface area contributed by atoms with Gasteiger partial charge in [0.1, 0.15) is 5.75 Å². The van der Waals surface area contributed by atoms with E-state index in [1.807, 2.05) is 60.4 Å². The summed E-state index contributed by atoms with van der Waals surface area (Å²) in [4.78, 5) is 32.7. The first-order chi connectivity index (χ1) is 16.0. The van der Waals surface area contributed by atoms with Gasteiger partial charge in [-0.3, -0.25) is 14.6 Å². The van der Waals surface area contributed by atoms with E-state index in [0.717, 1.165) is 52.4 Å². The van der Waals surface area contributed by atoms with Crippen LogP contribution < -0.4 is 10.1 Å². The summed E-state index contributed by atoms with van der Waals surface area (Å²) in [7, 11) is 1.66. The second-order valence-corrected chi connectivity index (χ2v) is 8.73. The first kappa shape index (κ1) is 21.2. The molecule has 33 heavy (non-hydrogen) atoms. The average molecular weight is 442 g/mol. The van der Waals surface area contributed by atoms with Gasteiger partial charge in [0, 0.05) is 24.3 Å². The summed E-state index contributed by atoms with van der Waals surface area (Å²) in [6.07, 6.45) is 1.96. The molecule has 5 rings (SSSR count). The van der Waals surface area contributed by atoms with E-state index in [9.17, 15) is 9.59 Å². The van der Waals surface area contributed by atoms with Crippen molar-refractivity contribution < 1.29 is 14.3 Å². The number of hydrogen-bond acceptors (Lipinski definition) is 4. The van der Waals surface area contributed by atoms with Crippen LogP contribution in [0, 0.1) is 6.92 Å². The number of likely N-dealkylation sites (tertiary alicyclic amines) is 1. The van der Waals surface area contributed by atoms with E-state index in [-0.39, 0.29) is 24.3 Å². The molecule has 0 saturated carbocycles. The number of hydrogen-bond donors (Lipinski definition) is 1. The maximum absolute atomic E-state index is 13.7. The number of aromatic nitrogens is 1. The number of anilines is 1. The van der Waals surface area contributed by atoms with Crippen LogP contribution in [0.1, 0.15) is 48.2 Å². The van der Waals surface area contributed by atoms with E-state index in [1.54, 1.807) is 7.11 Å². The molecule has 1 N–H and O–H groups in total. The first-order valence-corrected chi connectivity index (χ1v) is 11.4. The van der Waals surface area contributed by atoms with Gasteiger partial charge in [0.25, 0.3) is 0 Å². The Hall–Kier alpha value is -3.67. The van der Waals surface area contributed by atoms with Crippen molar-refractivity contribution in [2.75, 3.05) is 19.0 Å². The summed E-state index contributed by atoms with van der Waals surface area (Å²) in [5.74, 6) is 0.253. The Balaban J connectivity index is 1.46. The SMILES string of the molecule is COc1ccc(-c2cc(C)nc(C3CCCN3C(=O)C3CC(=O)Nc4ccccc43)c2)cc1. The van der Waals surface area contributed by atoms with E-state index in [2.05, 4.69) is 17.4 Å². The molecule has 3 aromatic rings. The highest BCUT2D eigenvalue weighted by atomic mass is 16.5. The highest BCUT2D eigenvalue weighted by Crippen LogP contribution is 2.39. The lowest BCUT2D eigenvalue weighted by atomic mass is 9.89. The standard InChI is InChI=1S/C27H27N3O3/c1-17-14-19(18-9-11-20(33-2)12-10-18)15-24(28-17)25-8-5-13-30(25)27(32)22-16-26(31)29-23-7-4-3-6-21(22)23/h3-4,6-7,9-12,14-15,22,25H,5,8,13,16H2,1-2H3,(H,29,31). The van der Waals surface area contributed by atoms with Gasteiger partial charge in [-0.15, -0.1) is 0 Å². The fourth-order valence-corrected chi connectivity index (χ4v) is 4.98. The number of benzene rings is 2. The van der Waals surface area contributed by atoms with Gasteiger partial charge in [0.15, 0.2) is 0 Å². The predicted molar refractivity (Wildman–Crippen MR) is 127 cm³/mol. The minimum Gasteiger partial charge on any atom is -0.497 e. The monoisotopic (exact) mass is 441 g/mol. The van der Waals surface area contributed by atoms with E-state index in [4.69, 9.17) is 9.72 Å². The van der Waals surface area contributed by atoms with Crippen molar-refractivity contribution in [2.24, 2.45) is 0 Å². The fourth-order valence-electron chi connectivity index (χ4n) is 4.98. The Labute approximate surface area is 193 Å². The normalized spacial score (nSPS) is 19.7. The van der Waals surface area contributed by atoms with Gasteiger partial charge >= 0.3 is 0 Å². The topological polar surface area (TPSA) is 71.5 Å². The van der Waals surface area contributed by atoms with Crippen LogP contribution in [0.15, 0.2) is 60.7 Å². The summed E-state index contributed by atoms with van der Waals surface area (Å²) >= 11 is 0. The van der Waals surface area contributed by atoms with Crippen LogP contribution in [0.3, 0.4) is 0 Å². The number of pyridine rings is 1. The highest BCUT2D eigenvalue weighted by molar-refractivity contribution is 6.01. The van der Waals surface area contributed by atoms with Crippen LogP contribution in [-0.2, 0) is 9.59 Å². The molecule has 0 aliphatic carbocycles. The second-order valence-electron chi connectivity index (χ2n) is 8.73. The number of nitrogens with one attached hydrogen (secondary N) is 1. The van der Waals surface area contributed by atoms with Crippen molar-refractivity contribution in [1.29, 1.82) is 0 Å². The summed E-state index contributed by atoms with van der Waals surface area (Å²) in [5, 5.41) is 2.89. The number of rotatable bonds is 4. The molecule has 0 bridgehead atoms. The maximum atomic E-state index is 13.7. The Morgan fingerprint density at radius 3 is 2.67 bits per heavy atom. The molecule has 0 radical (unpaired) electrons. The summed E-state index contributed by atoms with van der Waals surface area (Å²) in [5.41, 5.74) is 5.60. The molecule has 2 unspecified atom stereocenters. The number of para-hydroxylation sites is 1. The molecule has 2 amide bonds. The van der Waals surface area contributed by atoms with Gasteiger partial charge < -0.3 is 15.0 Å². The predicted octanol–water partition coefficient (Wildman–Crippen LogP) is 4.86. The number of carbonyl (C=O) groups excluding carboxylic acids is 2. The smallest absolute Gasteiger partial charge is 0.231 e. The maximum Gasteiger partial charge on any atom is 0.231 e. The first-order valence-electron chi connectivity index (χ1n) is 11.4. The molecule has 1 fully saturated rings. The zero-order valence-electron chi connectivity index (χ0n) is 18.9. The third-order valence-electron chi connectivity index (χ3n) is 6.57. The van der Waals surface area contributed by atoms with Gasteiger partial charge in [-0.25, -0.2) is 0 Å². The van der Waals surface area contributed by atoms with Gasteiger partial charge in [-0.05, 0) is 66.8 Å². The van der Waals surface area contributed by atoms with Gasteiger partial charge in [-0.2, -0.15) is 0 Å². The number of nitrogens with zero attached hydrogens (tertiary/aromatic N) is 2. The van der Waals surface area contributed by atoms with E-state index in [1.165, 1.54) is 0 Å². The molecule has 0 spiro atoms. The second kappa shape index (κ2) is 8.70. The summed E-state index contributed by atoms with van der Waals surface area (Å²) in [6, 6.07) is 19.6. The molecule has 168 valence electrons. The quantitative estimate of drug-likeness (QED) is 0.628. The number of carbonyl (C=O) groups is 2. The molecule has 3 heterocycles. The molecule has 2 atom stereocenters. The van der Waals surface area contributed by atoms with Crippen molar-refractivity contribution in [3.63, 3.8) is 0 Å². The van der Waals surface area contributed by atoms with Crippen molar-refractivity contribution in [2.45, 2.75) is 38.1 Å². The van der Waals surface area contributed by atoms with Gasteiger partial charge in [0.05, 0.1) is 24.8 Å². The lowest BCUT2D eigenvalue weighted by Crippen LogP contribution is -2.38. The van der Waals surface area contributed by atoms with E-state index >= 15 is 0 Å². The number of amides is 2. The molecule has 2 aliphatic rings. The summed E-state index contributed by atoms with van der Waals surface area (Å²) in [6.45, 7) is 2.66. The van der Waals surface area contributed by atoms with Crippen molar-refractivity contribution >= 4 is 17.5 Å². The Morgan fingerprint density at radius 2 is 1.88 bits per heavy atom. The Bertz CT molecular complexity index is 1210. The molecule has 6 nitrogen and oxygen atoms in total. The van der Waals surface area contributed by atoms with E-state index < -0.39 is 5.92 Å². The minimum atomic E-state index is -0.457. The van der Waals surface area contributed by atoms with Gasteiger partial charge in [0.2, 0.25) is 11.8 Å². The number of ether oxygens (including phenoxy) is 1. The molecule has 1 saturated heterocycles. The van der Waals surface area contributed by atoms with Crippen molar-refractivity contribution in [3.8, 4) is 16.9 Å². The van der Waals surface area contributed by atoms with Crippen LogP contribution >= 0.6 is 0 Å². The van der Waals surface area contributed by atoms with Crippen molar-refractivity contribution in [3.05, 3.63) is 77.6 Å². The van der Waals surface area contributed by atoms with Crippen LogP contribution in [-0.4, -0.2) is 35.4 Å². The van der Waals surface area contributed by atoms with Crippen LogP contribution in [0.2, 0.25) is 0 Å². The minimum absolute atomic E-state index is 0.00843. The van der Waals surface area contributed by atoms with Crippen LogP contribution in [0.25, 0.3) is 11.1 Å². The molecular weight excluding hydrogens is 414 g/mol.